The van der Waals surface area contributed by atoms with Crippen molar-refractivity contribution in [1.82, 2.24) is 4.90 Å². The maximum atomic E-state index is 12.5. The lowest BCUT2D eigenvalue weighted by Gasteiger charge is -2.13. The molecule has 1 N–H and O–H groups in total. The van der Waals surface area contributed by atoms with Crippen molar-refractivity contribution >= 4 is 17.2 Å². The second-order valence-corrected chi connectivity index (χ2v) is 6.76. The van der Waals surface area contributed by atoms with Crippen LogP contribution in [0.2, 0.25) is 0 Å². The van der Waals surface area contributed by atoms with E-state index in [4.69, 9.17) is 4.74 Å². The lowest BCUT2D eigenvalue weighted by Crippen LogP contribution is -2.28. The summed E-state index contributed by atoms with van der Waals surface area (Å²) < 4.78 is 5.17. The van der Waals surface area contributed by atoms with Crippen LogP contribution in [0, 0.1) is 6.92 Å². The van der Waals surface area contributed by atoms with Crippen molar-refractivity contribution in [2.45, 2.75) is 19.4 Å². The monoisotopic (exact) mass is 317 g/mol. The molecule has 0 saturated carbocycles. The molecule has 116 valence electrons. The summed E-state index contributed by atoms with van der Waals surface area (Å²) >= 11 is 1.51. The quantitative estimate of drug-likeness (QED) is 0.947. The van der Waals surface area contributed by atoms with Gasteiger partial charge in [0, 0.05) is 18.0 Å². The molecular formula is C17H19NO3S. The van der Waals surface area contributed by atoms with Gasteiger partial charge in [-0.15, -0.1) is 11.3 Å². The minimum atomic E-state index is -0.383. The Morgan fingerprint density at radius 1 is 1.36 bits per heavy atom. The van der Waals surface area contributed by atoms with Crippen molar-refractivity contribution in [2.24, 2.45) is 0 Å². The number of carbonyl (C=O) groups is 1. The van der Waals surface area contributed by atoms with Crippen LogP contribution in [0.4, 0.5) is 0 Å². The number of amides is 1. The summed E-state index contributed by atoms with van der Waals surface area (Å²) in [5, 5.41) is 9.58. The zero-order chi connectivity index (χ0) is 15.7. The van der Waals surface area contributed by atoms with Gasteiger partial charge in [-0.2, -0.15) is 0 Å². The summed E-state index contributed by atoms with van der Waals surface area (Å²) in [4.78, 5) is 16.1. The van der Waals surface area contributed by atoms with Crippen LogP contribution in [0.15, 0.2) is 30.3 Å². The molecule has 0 aliphatic carbocycles. The van der Waals surface area contributed by atoms with E-state index in [9.17, 15) is 9.90 Å². The smallest absolute Gasteiger partial charge is 0.264 e. The van der Waals surface area contributed by atoms with E-state index in [-0.39, 0.29) is 12.0 Å². The molecule has 1 fully saturated rings. The maximum absolute atomic E-state index is 12.5. The molecule has 1 aromatic heterocycles. The molecule has 1 aliphatic rings. The molecule has 2 aromatic rings. The van der Waals surface area contributed by atoms with Gasteiger partial charge in [0.15, 0.2) is 0 Å². The van der Waals surface area contributed by atoms with Gasteiger partial charge in [-0.05, 0) is 42.7 Å². The summed E-state index contributed by atoms with van der Waals surface area (Å²) in [6.45, 7) is 3.10. The Morgan fingerprint density at radius 3 is 2.68 bits per heavy atom. The third kappa shape index (κ3) is 2.87. The summed E-state index contributed by atoms with van der Waals surface area (Å²) in [6.07, 6.45) is 0.285. The minimum Gasteiger partial charge on any atom is -0.497 e. The average molecular weight is 317 g/mol. The van der Waals surface area contributed by atoms with Crippen LogP contribution in [0.25, 0.3) is 11.1 Å². The Labute approximate surface area is 134 Å². The zero-order valence-electron chi connectivity index (χ0n) is 12.7. The number of β-amino-alcohol motifs (C(OH)–C–C–N with tert-alkyl or cyclic N) is 1. The fourth-order valence-electron chi connectivity index (χ4n) is 2.73. The molecule has 2 heterocycles. The number of aliphatic hydroxyl groups is 1. The largest absolute Gasteiger partial charge is 0.497 e. The number of thiophene rings is 1. The van der Waals surface area contributed by atoms with Gasteiger partial charge < -0.3 is 14.7 Å². The number of aliphatic hydroxyl groups excluding tert-OH is 1. The first-order valence-electron chi connectivity index (χ1n) is 7.30. The minimum absolute atomic E-state index is 0.0180. The third-order valence-corrected chi connectivity index (χ3v) is 5.02. The van der Waals surface area contributed by atoms with E-state index in [2.05, 4.69) is 0 Å². The van der Waals surface area contributed by atoms with Crippen molar-refractivity contribution < 1.29 is 14.6 Å². The predicted molar refractivity (Wildman–Crippen MR) is 87.6 cm³/mol. The summed E-state index contributed by atoms with van der Waals surface area (Å²) in [7, 11) is 1.64. The van der Waals surface area contributed by atoms with Crippen molar-refractivity contribution in [3.63, 3.8) is 0 Å². The molecule has 0 unspecified atom stereocenters. The number of rotatable bonds is 3. The standard InChI is InChI=1S/C17H19NO3S/c1-11-15(12-3-5-14(21-2)6-4-12)9-16(22-11)17(20)18-8-7-13(19)10-18/h3-6,9,13,19H,7-8,10H2,1-2H3/t13-/m0/s1. The highest BCUT2D eigenvalue weighted by atomic mass is 32.1. The number of hydrogen-bond acceptors (Lipinski definition) is 4. The van der Waals surface area contributed by atoms with Crippen LogP contribution in [0.3, 0.4) is 0 Å². The van der Waals surface area contributed by atoms with Gasteiger partial charge in [0.2, 0.25) is 0 Å². The van der Waals surface area contributed by atoms with Gasteiger partial charge in [-0.1, -0.05) is 12.1 Å². The summed E-state index contributed by atoms with van der Waals surface area (Å²) in [6, 6.07) is 9.80. The number of nitrogens with zero attached hydrogens (tertiary/aromatic N) is 1. The molecule has 1 atom stereocenters. The van der Waals surface area contributed by atoms with E-state index < -0.39 is 0 Å². The second kappa shape index (κ2) is 6.10. The second-order valence-electron chi connectivity index (χ2n) is 5.50. The van der Waals surface area contributed by atoms with E-state index in [0.29, 0.717) is 19.5 Å². The van der Waals surface area contributed by atoms with Gasteiger partial charge in [-0.3, -0.25) is 4.79 Å². The Morgan fingerprint density at radius 2 is 2.09 bits per heavy atom. The van der Waals surface area contributed by atoms with E-state index in [1.807, 2.05) is 37.3 Å². The molecule has 0 bridgehead atoms. The van der Waals surface area contributed by atoms with Crippen LogP contribution < -0.4 is 4.74 Å². The molecule has 0 spiro atoms. The Hall–Kier alpha value is -1.85. The average Bonchev–Trinajstić information content (AvgIpc) is 3.13. The first kappa shape index (κ1) is 15.1. The topological polar surface area (TPSA) is 49.8 Å². The van der Waals surface area contributed by atoms with Crippen molar-refractivity contribution in [2.75, 3.05) is 20.2 Å². The first-order chi connectivity index (χ1) is 10.6. The van der Waals surface area contributed by atoms with Gasteiger partial charge in [0.1, 0.15) is 5.75 Å². The van der Waals surface area contributed by atoms with Gasteiger partial charge >= 0.3 is 0 Å². The fourth-order valence-corrected chi connectivity index (χ4v) is 3.74. The number of ether oxygens (including phenoxy) is 1. The van der Waals surface area contributed by atoms with Crippen LogP contribution in [-0.4, -0.2) is 42.2 Å². The normalized spacial score (nSPS) is 17.8. The third-order valence-electron chi connectivity index (χ3n) is 3.98. The molecule has 3 rings (SSSR count). The predicted octanol–water partition coefficient (Wildman–Crippen LogP) is 2.94. The lowest BCUT2D eigenvalue weighted by molar-refractivity contribution is 0.0769. The number of benzene rings is 1. The maximum Gasteiger partial charge on any atom is 0.264 e. The molecular weight excluding hydrogens is 298 g/mol. The van der Waals surface area contributed by atoms with E-state index in [1.54, 1.807) is 12.0 Å². The van der Waals surface area contributed by atoms with E-state index in [1.165, 1.54) is 11.3 Å². The molecule has 1 aliphatic heterocycles. The van der Waals surface area contributed by atoms with Crippen LogP contribution in [0.5, 0.6) is 5.75 Å². The number of hydrogen-bond donors (Lipinski definition) is 1. The molecule has 1 amide bonds. The fraction of sp³-hybridized carbons (Fsp3) is 0.353. The molecule has 1 aromatic carbocycles. The molecule has 5 heteroatoms. The molecule has 1 saturated heterocycles. The Kier molecular flexibility index (Phi) is 4.18. The number of aryl methyl sites for hydroxylation is 1. The van der Waals surface area contributed by atoms with Crippen molar-refractivity contribution in [3.8, 4) is 16.9 Å². The highest BCUT2D eigenvalue weighted by Crippen LogP contribution is 2.33. The first-order valence-corrected chi connectivity index (χ1v) is 8.12. The van der Waals surface area contributed by atoms with Crippen LogP contribution in [0.1, 0.15) is 21.0 Å². The van der Waals surface area contributed by atoms with Gasteiger partial charge in [0.25, 0.3) is 5.91 Å². The Bertz CT molecular complexity index is 678. The van der Waals surface area contributed by atoms with Crippen molar-refractivity contribution in [3.05, 3.63) is 40.1 Å². The summed E-state index contributed by atoms with van der Waals surface area (Å²) in [5.74, 6) is 0.836. The van der Waals surface area contributed by atoms with E-state index in [0.717, 1.165) is 26.6 Å². The summed E-state index contributed by atoms with van der Waals surface area (Å²) in [5.41, 5.74) is 2.16. The zero-order valence-corrected chi connectivity index (χ0v) is 13.5. The van der Waals surface area contributed by atoms with Gasteiger partial charge in [-0.25, -0.2) is 0 Å². The molecule has 0 radical (unpaired) electrons. The number of methoxy groups -OCH3 is 1. The lowest BCUT2D eigenvalue weighted by atomic mass is 10.1. The van der Waals surface area contributed by atoms with Gasteiger partial charge in [0.05, 0.1) is 18.1 Å². The van der Waals surface area contributed by atoms with Crippen LogP contribution >= 0.6 is 11.3 Å². The van der Waals surface area contributed by atoms with E-state index >= 15 is 0 Å². The number of carbonyl (C=O) groups excluding carboxylic acids is 1. The highest BCUT2D eigenvalue weighted by molar-refractivity contribution is 7.14. The molecule has 4 nitrogen and oxygen atoms in total. The van der Waals surface area contributed by atoms with Crippen molar-refractivity contribution in [1.29, 1.82) is 0 Å². The molecule has 22 heavy (non-hydrogen) atoms. The Balaban J connectivity index is 1.85. The number of likely N-dealkylation sites (tertiary alicyclic amines) is 1. The SMILES string of the molecule is COc1ccc(-c2cc(C(=O)N3CC[C@H](O)C3)sc2C)cc1. The van der Waals surface area contributed by atoms with Crippen LogP contribution in [-0.2, 0) is 0 Å². The highest BCUT2D eigenvalue weighted by Gasteiger charge is 2.26.